The molecule has 2 atom stereocenters. The molecule has 0 saturated carbocycles. The van der Waals surface area contributed by atoms with Gasteiger partial charge in [-0.3, -0.25) is 0 Å². The van der Waals surface area contributed by atoms with Gasteiger partial charge in [-0.15, -0.1) is 6.42 Å². The van der Waals surface area contributed by atoms with Crippen LogP contribution in [0, 0.1) is 12.3 Å². The molecule has 0 radical (unpaired) electrons. The fourth-order valence-corrected chi connectivity index (χ4v) is 2.94. The van der Waals surface area contributed by atoms with Crippen molar-refractivity contribution in [2.75, 3.05) is 18.9 Å². The quantitative estimate of drug-likeness (QED) is 0.296. The number of terminal acetylenes is 1. The van der Waals surface area contributed by atoms with E-state index in [9.17, 15) is 9.90 Å². The number of carbonyl (C=O) groups is 1. The normalized spacial score (nSPS) is 21.0. The Morgan fingerprint density at radius 1 is 1.61 bits per heavy atom. The lowest BCUT2D eigenvalue weighted by Crippen LogP contribution is -2.31. The van der Waals surface area contributed by atoms with Crippen LogP contribution in [0.2, 0.25) is 5.28 Å². The summed E-state index contributed by atoms with van der Waals surface area (Å²) in [6, 6.07) is 1.80. The number of anilines is 1. The number of unbranched alkanes of at least 4 members (excludes halogenated alkanes) is 1. The third-order valence-corrected chi connectivity index (χ3v) is 4.45. The van der Waals surface area contributed by atoms with Gasteiger partial charge in [-0.25, -0.2) is 9.78 Å². The van der Waals surface area contributed by atoms with Crippen molar-refractivity contribution in [1.29, 1.82) is 0 Å². The first-order chi connectivity index (χ1) is 13.4. The zero-order valence-corrected chi connectivity index (χ0v) is 16.2. The van der Waals surface area contributed by atoms with Crippen LogP contribution in [0.25, 0.3) is 11.0 Å². The molecule has 2 aromatic rings. The average molecular weight is 411 g/mol. The number of rotatable bonds is 5. The molecule has 9 nitrogen and oxygen atoms in total. The van der Waals surface area contributed by atoms with Crippen molar-refractivity contribution in [1.82, 2.24) is 14.5 Å². The number of fused-ring (bicyclic) bond motifs is 1. The van der Waals surface area contributed by atoms with Gasteiger partial charge in [0.1, 0.15) is 17.7 Å². The van der Waals surface area contributed by atoms with Crippen LogP contribution in [0.15, 0.2) is 12.3 Å². The van der Waals surface area contributed by atoms with E-state index in [1.165, 1.54) is 0 Å². The lowest BCUT2D eigenvalue weighted by atomic mass is 10.0. The van der Waals surface area contributed by atoms with E-state index >= 15 is 0 Å². The van der Waals surface area contributed by atoms with Crippen LogP contribution in [0.1, 0.15) is 38.8 Å². The van der Waals surface area contributed by atoms with Gasteiger partial charge in [0.15, 0.2) is 5.60 Å². The van der Waals surface area contributed by atoms with Crippen molar-refractivity contribution in [2.45, 2.75) is 44.4 Å². The van der Waals surface area contributed by atoms with Crippen LogP contribution in [0.3, 0.4) is 0 Å². The topological polar surface area (TPSA) is 133 Å². The summed E-state index contributed by atoms with van der Waals surface area (Å²) in [7, 11) is 0. The molecular weight excluding hydrogens is 388 g/mol. The Balaban J connectivity index is 0.000000300. The summed E-state index contributed by atoms with van der Waals surface area (Å²) >= 11 is 5.84. The predicted octanol–water partition coefficient (Wildman–Crippen LogP) is 2.82. The highest BCUT2D eigenvalue weighted by molar-refractivity contribution is 6.28. The number of nitrogens with two attached hydrogens (primary N) is 1. The maximum atomic E-state index is 9.65. The summed E-state index contributed by atoms with van der Waals surface area (Å²) in [5.41, 5.74) is 5.48. The Kier molecular flexibility index (Phi) is 7.45. The van der Waals surface area contributed by atoms with Crippen LogP contribution in [0.5, 0.6) is 0 Å². The molecule has 1 aliphatic heterocycles. The van der Waals surface area contributed by atoms with Gasteiger partial charge in [0.05, 0.1) is 18.6 Å². The maximum Gasteiger partial charge on any atom is 0.505 e. The predicted molar refractivity (Wildman–Crippen MR) is 104 cm³/mol. The number of hydrogen-bond donors (Lipinski definition) is 3. The number of aliphatic hydroxyl groups excluding tert-OH is 1. The van der Waals surface area contributed by atoms with Gasteiger partial charge in [-0.1, -0.05) is 19.3 Å². The van der Waals surface area contributed by atoms with E-state index in [0.29, 0.717) is 36.3 Å². The molecule has 28 heavy (non-hydrogen) atoms. The number of ether oxygens (including phenoxy) is 2. The molecule has 0 spiro atoms. The minimum absolute atomic E-state index is 0.0818. The standard InChI is InChI=1S/C13H13ClN4O2.C5H10O3/c1-2-13(7-19)5-3-9(20-13)18-6-4-8-10(15)16-12(14)17-11(8)18;1-2-3-4-8-5(6)7/h1,4,6,9,19H,3,5,7H2,(H2,15,16,17);2-4H2,1H3,(H,6,7)/t9-,13+;/m1./s1. The van der Waals surface area contributed by atoms with E-state index in [1.807, 2.05) is 11.5 Å². The van der Waals surface area contributed by atoms with Crippen molar-refractivity contribution >= 4 is 34.6 Å². The molecule has 0 aromatic carbocycles. The van der Waals surface area contributed by atoms with Gasteiger partial charge in [-0.2, -0.15) is 4.98 Å². The Hall–Kier alpha value is -2.54. The first-order valence-electron chi connectivity index (χ1n) is 8.77. The number of hydrogen-bond acceptors (Lipinski definition) is 7. The van der Waals surface area contributed by atoms with Crippen LogP contribution in [-0.2, 0) is 9.47 Å². The third kappa shape index (κ3) is 5.04. The van der Waals surface area contributed by atoms with Gasteiger partial charge < -0.3 is 30.0 Å². The summed E-state index contributed by atoms with van der Waals surface area (Å²) in [6.07, 6.45) is 8.80. The number of aromatic nitrogens is 3. The first kappa shape index (κ1) is 21.8. The molecule has 152 valence electrons. The molecular formula is C18H23ClN4O5. The van der Waals surface area contributed by atoms with Crippen LogP contribution < -0.4 is 5.73 Å². The monoisotopic (exact) mass is 410 g/mol. The highest BCUT2D eigenvalue weighted by Gasteiger charge is 2.39. The van der Waals surface area contributed by atoms with E-state index in [0.717, 1.165) is 12.8 Å². The smallest absolute Gasteiger partial charge is 0.450 e. The molecule has 4 N–H and O–H groups in total. The number of halogens is 1. The second-order valence-electron chi connectivity index (χ2n) is 6.21. The van der Waals surface area contributed by atoms with E-state index in [4.69, 9.17) is 33.6 Å². The Labute approximate surface area is 167 Å². The first-order valence-corrected chi connectivity index (χ1v) is 9.15. The molecule has 10 heteroatoms. The van der Waals surface area contributed by atoms with E-state index < -0.39 is 11.8 Å². The van der Waals surface area contributed by atoms with Crippen molar-refractivity contribution in [3.63, 3.8) is 0 Å². The largest absolute Gasteiger partial charge is 0.505 e. The van der Waals surface area contributed by atoms with Crippen molar-refractivity contribution in [2.24, 2.45) is 0 Å². The minimum Gasteiger partial charge on any atom is -0.450 e. The Morgan fingerprint density at radius 3 is 2.93 bits per heavy atom. The van der Waals surface area contributed by atoms with Gasteiger partial charge in [0, 0.05) is 6.20 Å². The van der Waals surface area contributed by atoms with Gasteiger partial charge >= 0.3 is 6.16 Å². The van der Waals surface area contributed by atoms with Gasteiger partial charge in [-0.05, 0) is 36.9 Å². The molecule has 0 unspecified atom stereocenters. The van der Waals surface area contributed by atoms with E-state index in [2.05, 4.69) is 20.6 Å². The zero-order chi connectivity index (χ0) is 20.7. The van der Waals surface area contributed by atoms with Crippen molar-refractivity contribution < 1.29 is 24.5 Å². The highest BCUT2D eigenvalue weighted by Crippen LogP contribution is 2.37. The molecule has 3 rings (SSSR count). The summed E-state index contributed by atoms with van der Waals surface area (Å²) in [5, 5.41) is 18.1. The molecule has 1 aliphatic rings. The molecule has 3 heterocycles. The van der Waals surface area contributed by atoms with Crippen LogP contribution in [-0.4, -0.2) is 49.7 Å². The SMILES string of the molecule is C#C[C@@]1(CO)CC[C@H](n2ccc3c(N)nc(Cl)nc32)O1.CCCCOC(=O)O. The molecule has 1 fully saturated rings. The third-order valence-electron chi connectivity index (χ3n) is 4.28. The summed E-state index contributed by atoms with van der Waals surface area (Å²) in [6.45, 7) is 2.09. The van der Waals surface area contributed by atoms with Crippen LogP contribution in [0.4, 0.5) is 10.6 Å². The molecule has 0 aliphatic carbocycles. The Morgan fingerprint density at radius 2 is 2.36 bits per heavy atom. The van der Waals surface area contributed by atoms with Gasteiger partial charge in [0.2, 0.25) is 5.28 Å². The summed E-state index contributed by atoms with van der Waals surface area (Å²) < 4.78 is 11.8. The summed E-state index contributed by atoms with van der Waals surface area (Å²) in [5.74, 6) is 2.84. The lowest BCUT2D eigenvalue weighted by molar-refractivity contribution is -0.0615. The fraction of sp³-hybridized carbons (Fsp3) is 0.500. The second kappa shape index (κ2) is 9.59. The van der Waals surface area contributed by atoms with Crippen molar-refractivity contribution in [3.8, 4) is 12.3 Å². The van der Waals surface area contributed by atoms with E-state index in [1.54, 1.807) is 12.3 Å². The molecule has 0 amide bonds. The molecule has 0 bridgehead atoms. The minimum atomic E-state index is -1.18. The van der Waals surface area contributed by atoms with Gasteiger partial charge in [0.25, 0.3) is 0 Å². The van der Waals surface area contributed by atoms with E-state index in [-0.39, 0.29) is 18.1 Å². The maximum absolute atomic E-state index is 9.65. The average Bonchev–Trinajstić information content (AvgIpc) is 3.27. The lowest BCUT2D eigenvalue weighted by Gasteiger charge is -2.21. The number of carboxylic acid groups (broad SMARTS) is 1. The summed E-state index contributed by atoms with van der Waals surface area (Å²) in [4.78, 5) is 17.7. The second-order valence-corrected chi connectivity index (χ2v) is 6.55. The Bertz CT molecular complexity index is 866. The molecule has 1 saturated heterocycles. The number of nitrogens with zero attached hydrogens (tertiary/aromatic N) is 3. The zero-order valence-electron chi connectivity index (χ0n) is 15.5. The highest BCUT2D eigenvalue weighted by atomic mass is 35.5. The fourth-order valence-electron chi connectivity index (χ4n) is 2.76. The van der Waals surface area contributed by atoms with Crippen LogP contribution >= 0.6 is 11.6 Å². The number of aliphatic hydroxyl groups is 1. The van der Waals surface area contributed by atoms with Crippen molar-refractivity contribution in [3.05, 3.63) is 17.5 Å². The number of nitrogen functional groups attached to an aromatic ring is 1. The molecule has 2 aromatic heterocycles.